The highest BCUT2D eigenvalue weighted by molar-refractivity contribution is 6.33. The second kappa shape index (κ2) is 7.06. The summed E-state index contributed by atoms with van der Waals surface area (Å²) in [6.07, 6.45) is -3.91. The molecular weight excluding hydrogens is 361 g/mol. The van der Waals surface area contributed by atoms with Crippen LogP contribution in [0, 0.1) is 17.0 Å². The molecular formula is C15H12ClF3N4O2. The molecule has 1 aromatic heterocycles. The second-order valence-corrected chi connectivity index (χ2v) is 5.53. The summed E-state index contributed by atoms with van der Waals surface area (Å²) in [5, 5.41) is 14.7. The van der Waals surface area contributed by atoms with Crippen LogP contribution in [0.3, 0.4) is 0 Å². The second-order valence-electron chi connectivity index (χ2n) is 5.12. The molecule has 0 aliphatic carbocycles. The maximum absolute atomic E-state index is 12.6. The lowest BCUT2D eigenvalue weighted by atomic mass is 10.1. The number of hydrazone groups is 1. The summed E-state index contributed by atoms with van der Waals surface area (Å²) >= 11 is 5.77. The van der Waals surface area contributed by atoms with Gasteiger partial charge in [0.2, 0.25) is 0 Å². The molecule has 0 saturated heterocycles. The summed E-state index contributed by atoms with van der Waals surface area (Å²) in [6, 6.07) is 5.32. The highest BCUT2D eigenvalue weighted by Gasteiger charge is 2.31. The van der Waals surface area contributed by atoms with Gasteiger partial charge in [-0.05, 0) is 19.9 Å². The van der Waals surface area contributed by atoms with Crippen LogP contribution in [0.2, 0.25) is 5.02 Å². The number of anilines is 1. The average molecular weight is 373 g/mol. The maximum Gasteiger partial charge on any atom is 0.417 e. The van der Waals surface area contributed by atoms with Crippen LogP contribution in [0.5, 0.6) is 0 Å². The molecule has 2 aromatic rings. The van der Waals surface area contributed by atoms with Crippen LogP contribution in [0.15, 0.2) is 35.6 Å². The van der Waals surface area contributed by atoms with Crippen molar-refractivity contribution >= 4 is 28.8 Å². The first-order valence-electron chi connectivity index (χ1n) is 6.88. The van der Waals surface area contributed by atoms with Gasteiger partial charge in [-0.1, -0.05) is 23.7 Å². The van der Waals surface area contributed by atoms with Crippen molar-refractivity contribution in [2.45, 2.75) is 20.0 Å². The van der Waals surface area contributed by atoms with Crippen molar-refractivity contribution in [1.29, 1.82) is 0 Å². The molecule has 25 heavy (non-hydrogen) atoms. The molecule has 1 heterocycles. The lowest BCUT2D eigenvalue weighted by Gasteiger charge is -2.09. The summed E-state index contributed by atoms with van der Waals surface area (Å²) in [4.78, 5) is 14.0. The number of alkyl halides is 3. The minimum Gasteiger partial charge on any atom is -0.260 e. The quantitative estimate of drug-likeness (QED) is 0.474. The topological polar surface area (TPSA) is 80.4 Å². The Labute approximate surface area is 145 Å². The Morgan fingerprint density at radius 2 is 2.04 bits per heavy atom. The van der Waals surface area contributed by atoms with Gasteiger partial charge in [-0.15, -0.1) is 0 Å². The third-order valence-corrected chi connectivity index (χ3v) is 3.61. The lowest BCUT2D eigenvalue weighted by molar-refractivity contribution is -0.385. The number of nitrogens with zero attached hydrogens (tertiary/aromatic N) is 3. The SMILES string of the molecule is CC(=NNc1ncc(C(F)(F)F)cc1Cl)c1ccc(C)c([N+](=O)[O-])c1. The van der Waals surface area contributed by atoms with E-state index in [-0.39, 0.29) is 16.5 Å². The first-order valence-corrected chi connectivity index (χ1v) is 7.26. The van der Waals surface area contributed by atoms with Crippen LogP contribution in [0.1, 0.15) is 23.6 Å². The van der Waals surface area contributed by atoms with Crippen LogP contribution in [0.4, 0.5) is 24.7 Å². The van der Waals surface area contributed by atoms with E-state index in [0.29, 0.717) is 23.0 Å². The van der Waals surface area contributed by atoms with Gasteiger partial charge in [-0.2, -0.15) is 18.3 Å². The molecule has 132 valence electrons. The third-order valence-electron chi connectivity index (χ3n) is 3.32. The Morgan fingerprint density at radius 1 is 1.36 bits per heavy atom. The zero-order valence-corrected chi connectivity index (χ0v) is 13.8. The van der Waals surface area contributed by atoms with Crippen LogP contribution < -0.4 is 5.43 Å². The lowest BCUT2D eigenvalue weighted by Crippen LogP contribution is -2.07. The number of benzene rings is 1. The Bertz CT molecular complexity index is 853. The molecule has 0 aliphatic rings. The van der Waals surface area contributed by atoms with E-state index in [0.717, 1.165) is 6.07 Å². The highest BCUT2D eigenvalue weighted by Crippen LogP contribution is 2.32. The molecule has 0 unspecified atom stereocenters. The molecule has 0 radical (unpaired) electrons. The number of aryl methyl sites for hydroxylation is 1. The zero-order chi connectivity index (χ0) is 18.8. The van der Waals surface area contributed by atoms with Crippen molar-refractivity contribution in [2.75, 3.05) is 5.43 Å². The molecule has 0 spiro atoms. The first kappa shape index (κ1) is 18.7. The van der Waals surface area contributed by atoms with Crippen LogP contribution in [-0.2, 0) is 6.18 Å². The fourth-order valence-corrected chi connectivity index (χ4v) is 2.12. The summed E-state index contributed by atoms with van der Waals surface area (Å²) in [5.74, 6) is -0.0596. The normalized spacial score (nSPS) is 12.2. The Morgan fingerprint density at radius 3 is 2.60 bits per heavy atom. The summed E-state index contributed by atoms with van der Waals surface area (Å²) < 4.78 is 37.7. The number of rotatable bonds is 4. The number of halogens is 4. The van der Waals surface area contributed by atoms with E-state index in [2.05, 4.69) is 15.5 Å². The summed E-state index contributed by atoms with van der Waals surface area (Å²) in [5.41, 5.74) is 2.79. The Balaban J connectivity index is 2.25. The fraction of sp³-hybridized carbons (Fsp3) is 0.200. The van der Waals surface area contributed by atoms with Crippen LogP contribution in [0.25, 0.3) is 0 Å². The predicted octanol–water partition coefficient (Wildman–Crippen LogP) is 4.81. The zero-order valence-electron chi connectivity index (χ0n) is 13.1. The molecule has 0 fully saturated rings. The molecule has 6 nitrogen and oxygen atoms in total. The number of nitro groups is 1. The van der Waals surface area contributed by atoms with E-state index >= 15 is 0 Å². The molecule has 1 aromatic carbocycles. The van der Waals surface area contributed by atoms with Crippen LogP contribution >= 0.6 is 11.6 Å². The van der Waals surface area contributed by atoms with Crippen molar-refractivity contribution in [2.24, 2.45) is 5.10 Å². The smallest absolute Gasteiger partial charge is 0.260 e. The van der Waals surface area contributed by atoms with Gasteiger partial charge in [0, 0.05) is 23.4 Å². The number of hydrogen-bond donors (Lipinski definition) is 1. The van der Waals surface area contributed by atoms with Gasteiger partial charge in [0.05, 0.1) is 21.2 Å². The van der Waals surface area contributed by atoms with Gasteiger partial charge in [-0.25, -0.2) is 4.98 Å². The van der Waals surface area contributed by atoms with E-state index in [4.69, 9.17) is 11.6 Å². The van der Waals surface area contributed by atoms with Crippen molar-refractivity contribution in [3.63, 3.8) is 0 Å². The molecule has 0 amide bonds. The molecule has 0 saturated carbocycles. The largest absolute Gasteiger partial charge is 0.417 e. The minimum atomic E-state index is -4.55. The predicted molar refractivity (Wildman–Crippen MR) is 87.9 cm³/mol. The maximum atomic E-state index is 12.6. The van der Waals surface area contributed by atoms with Crippen molar-refractivity contribution in [1.82, 2.24) is 4.98 Å². The molecule has 2 rings (SSSR count). The molecule has 0 bridgehead atoms. The Kier molecular flexibility index (Phi) is 5.27. The summed E-state index contributed by atoms with van der Waals surface area (Å²) in [7, 11) is 0. The van der Waals surface area contributed by atoms with Crippen molar-refractivity contribution in [3.05, 3.63) is 62.3 Å². The number of nitrogens with one attached hydrogen (secondary N) is 1. The molecule has 10 heteroatoms. The van der Waals surface area contributed by atoms with E-state index in [1.165, 1.54) is 6.07 Å². The molecule has 1 N–H and O–H groups in total. The first-order chi connectivity index (χ1) is 11.6. The van der Waals surface area contributed by atoms with Gasteiger partial charge in [0.1, 0.15) is 0 Å². The monoisotopic (exact) mass is 372 g/mol. The Hall–Kier alpha value is -2.68. The number of pyridine rings is 1. The van der Waals surface area contributed by atoms with Gasteiger partial charge < -0.3 is 0 Å². The fourth-order valence-electron chi connectivity index (χ4n) is 1.91. The summed E-state index contributed by atoms with van der Waals surface area (Å²) in [6.45, 7) is 3.19. The van der Waals surface area contributed by atoms with Gasteiger partial charge >= 0.3 is 6.18 Å². The molecule has 0 atom stereocenters. The number of aromatic nitrogens is 1. The minimum absolute atomic E-state index is 0.0577. The van der Waals surface area contributed by atoms with Gasteiger partial charge in [0.15, 0.2) is 5.82 Å². The standard InChI is InChI=1S/C15H12ClF3N4O2/c1-8-3-4-10(5-13(8)23(24)25)9(2)21-22-14-12(16)6-11(7-20-14)15(17,18)19/h3-7H,1-2H3,(H,20,22). The third kappa shape index (κ3) is 4.44. The van der Waals surface area contributed by atoms with Gasteiger partial charge in [-0.3, -0.25) is 15.5 Å². The van der Waals surface area contributed by atoms with Crippen molar-refractivity contribution < 1.29 is 18.1 Å². The number of nitro benzene ring substituents is 1. The molecule has 0 aliphatic heterocycles. The van der Waals surface area contributed by atoms with E-state index < -0.39 is 16.7 Å². The highest BCUT2D eigenvalue weighted by atomic mass is 35.5. The van der Waals surface area contributed by atoms with Gasteiger partial charge in [0.25, 0.3) is 5.69 Å². The van der Waals surface area contributed by atoms with Crippen LogP contribution in [-0.4, -0.2) is 15.6 Å². The van der Waals surface area contributed by atoms with E-state index in [1.54, 1.807) is 26.0 Å². The van der Waals surface area contributed by atoms with Crippen molar-refractivity contribution in [3.8, 4) is 0 Å². The van der Waals surface area contributed by atoms with E-state index in [9.17, 15) is 23.3 Å². The number of hydrogen-bond acceptors (Lipinski definition) is 5. The average Bonchev–Trinajstić information content (AvgIpc) is 2.52. The van der Waals surface area contributed by atoms with E-state index in [1.807, 2.05) is 0 Å².